The van der Waals surface area contributed by atoms with Crippen LogP contribution in [-0.2, 0) is 9.53 Å². The summed E-state index contributed by atoms with van der Waals surface area (Å²) in [6, 6.07) is 0. The Kier molecular flexibility index (Phi) is 24.3. The molecule has 0 spiro atoms. The monoisotopic (exact) mass is 424 g/mol. The lowest BCUT2D eigenvalue weighted by Gasteiger charge is -2.16. The maximum atomic E-state index is 12.6. The number of ether oxygens (including phenoxy) is 1. The molecule has 2 heteroatoms. The molecule has 0 aliphatic rings. The van der Waals surface area contributed by atoms with E-state index in [-0.39, 0.29) is 11.9 Å². The van der Waals surface area contributed by atoms with Gasteiger partial charge in [-0.25, -0.2) is 0 Å². The maximum Gasteiger partial charge on any atom is 0.308 e. The normalized spacial score (nSPS) is 12.2. The number of carbonyl (C=O) groups excluding carboxylic acids is 1. The summed E-state index contributed by atoms with van der Waals surface area (Å²) in [5.74, 6) is 0.243. The third kappa shape index (κ3) is 20.7. The van der Waals surface area contributed by atoms with E-state index in [4.69, 9.17) is 4.74 Å². The van der Waals surface area contributed by atoms with E-state index in [2.05, 4.69) is 20.8 Å². The molecule has 0 N–H and O–H groups in total. The highest BCUT2D eigenvalue weighted by Crippen LogP contribution is 2.21. The highest BCUT2D eigenvalue weighted by Gasteiger charge is 2.19. The van der Waals surface area contributed by atoms with E-state index in [1.54, 1.807) is 0 Å². The summed E-state index contributed by atoms with van der Waals surface area (Å²) >= 11 is 0. The fraction of sp³-hybridized carbons (Fsp3) is 0.964. The van der Waals surface area contributed by atoms with Crippen molar-refractivity contribution in [3.8, 4) is 0 Å². The molecule has 180 valence electrons. The van der Waals surface area contributed by atoms with Crippen LogP contribution in [0.5, 0.6) is 0 Å². The van der Waals surface area contributed by atoms with Crippen LogP contribution in [0.4, 0.5) is 0 Å². The van der Waals surface area contributed by atoms with Gasteiger partial charge >= 0.3 is 5.97 Å². The van der Waals surface area contributed by atoms with Crippen LogP contribution in [0.3, 0.4) is 0 Å². The van der Waals surface area contributed by atoms with Crippen LogP contribution in [0.25, 0.3) is 0 Å². The van der Waals surface area contributed by atoms with Gasteiger partial charge in [0.25, 0.3) is 0 Å². The molecule has 0 radical (unpaired) electrons. The molecule has 2 nitrogen and oxygen atoms in total. The van der Waals surface area contributed by atoms with Gasteiger partial charge in [0, 0.05) is 0 Å². The molecule has 0 aliphatic heterocycles. The Labute approximate surface area is 190 Å². The third-order valence-electron chi connectivity index (χ3n) is 6.39. The average Bonchev–Trinajstić information content (AvgIpc) is 2.75. The Hall–Kier alpha value is -0.530. The lowest BCUT2D eigenvalue weighted by Crippen LogP contribution is -2.18. The van der Waals surface area contributed by atoms with Crippen molar-refractivity contribution in [1.29, 1.82) is 0 Å². The van der Waals surface area contributed by atoms with Crippen molar-refractivity contribution in [1.82, 2.24) is 0 Å². The molecule has 0 saturated carbocycles. The Morgan fingerprint density at radius 3 is 1.27 bits per heavy atom. The van der Waals surface area contributed by atoms with Crippen molar-refractivity contribution >= 4 is 5.97 Å². The van der Waals surface area contributed by atoms with Crippen LogP contribution in [0.2, 0.25) is 0 Å². The molecule has 0 amide bonds. The van der Waals surface area contributed by atoms with Gasteiger partial charge in [-0.1, -0.05) is 143 Å². The number of unbranched alkanes of at least 4 members (excludes halogenated alkanes) is 17. The molecular weight excluding hydrogens is 368 g/mol. The largest absolute Gasteiger partial charge is 0.465 e. The second kappa shape index (κ2) is 24.7. The van der Waals surface area contributed by atoms with Crippen LogP contribution < -0.4 is 0 Å². The first-order valence-electron chi connectivity index (χ1n) is 13.9. The molecule has 0 saturated heterocycles. The highest BCUT2D eigenvalue weighted by atomic mass is 16.5. The van der Waals surface area contributed by atoms with Crippen molar-refractivity contribution < 1.29 is 9.53 Å². The van der Waals surface area contributed by atoms with Crippen molar-refractivity contribution in [2.75, 3.05) is 6.61 Å². The van der Waals surface area contributed by atoms with Crippen LogP contribution in [-0.4, -0.2) is 12.6 Å². The summed E-state index contributed by atoms with van der Waals surface area (Å²) in [6.07, 6.45) is 28.0. The predicted octanol–water partition coefficient (Wildman–Crippen LogP) is 9.79. The first kappa shape index (κ1) is 29.5. The quantitative estimate of drug-likeness (QED) is 0.114. The van der Waals surface area contributed by atoms with E-state index in [9.17, 15) is 4.79 Å². The third-order valence-corrected chi connectivity index (χ3v) is 6.39. The van der Waals surface area contributed by atoms with Crippen molar-refractivity contribution in [2.45, 2.75) is 162 Å². The average molecular weight is 425 g/mol. The van der Waals surface area contributed by atoms with Crippen molar-refractivity contribution in [2.24, 2.45) is 5.92 Å². The van der Waals surface area contributed by atoms with Crippen LogP contribution >= 0.6 is 0 Å². The first-order chi connectivity index (χ1) is 14.8. The SMILES string of the molecule is CCCCCCCCCCCCOC(=O)C(CCCCCC)CCCCCCCC. The molecule has 1 atom stereocenters. The summed E-state index contributed by atoms with van der Waals surface area (Å²) < 4.78 is 5.69. The predicted molar refractivity (Wildman–Crippen MR) is 133 cm³/mol. The first-order valence-corrected chi connectivity index (χ1v) is 13.9. The van der Waals surface area contributed by atoms with Gasteiger partial charge in [0.05, 0.1) is 12.5 Å². The summed E-state index contributed by atoms with van der Waals surface area (Å²) in [5.41, 5.74) is 0. The van der Waals surface area contributed by atoms with E-state index in [0.29, 0.717) is 6.61 Å². The molecule has 0 rings (SSSR count). The number of carbonyl (C=O) groups is 1. The minimum Gasteiger partial charge on any atom is -0.465 e. The molecule has 0 aromatic rings. The van der Waals surface area contributed by atoms with E-state index in [0.717, 1.165) is 19.3 Å². The van der Waals surface area contributed by atoms with Gasteiger partial charge in [-0.3, -0.25) is 4.79 Å². The number of hydrogen-bond donors (Lipinski definition) is 0. The van der Waals surface area contributed by atoms with E-state index in [1.807, 2.05) is 0 Å². The van der Waals surface area contributed by atoms with E-state index >= 15 is 0 Å². The Morgan fingerprint density at radius 1 is 0.500 bits per heavy atom. The van der Waals surface area contributed by atoms with Crippen molar-refractivity contribution in [3.63, 3.8) is 0 Å². The van der Waals surface area contributed by atoms with Crippen LogP contribution in [0, 0.1) is 5.92 Å². The van der Waals surface area contributed by atoms with Gasteiger partial charge < -0.3 is 4.74 Å². The molecule has 1 unspecified atom stereocenters. The Morgan fingerprint density at radius 2 is 0.833 bits per heavy atom. The second-order valence-corrected chi connectivity index (χ2v) is 9.45. The number of rotatable bonds is 24. The fourth-order valence-electron chi connectivity index (χ4n) is 4.25. The molecule has 0 aromatic carbocycles. The van der Waals surface area contributed by atoms with Gasteiger partial charge in [0.2, 0.25) is 0 Å². The smallest absolute Gasteiger partial charge is 0.308 e. The molecule has 0 fully saturated rings. The van der Waals surface area contributed by atoms with Crippen LogP contribution in [0.1, 0.15) is 162 Å². The van der Waals surface area contributed by atoms with Gasteiger partial charge in [0.1, 0.15) is 0 Å². The molecule has 0 aliphatic carbocycles. The zero-order valence-electron chi connectivity index (χ0n) is 21.2. The van der Waals surface area contributed by atoms with Gasteiger partial charge in [-0.05, 0) is 19.3 Å². The van der Waals surface area contributed by atoms with Gasteiger partial charge in [0.15, 0.2) is 0 Å². The second-order valence-electron chi connectivity index (χ2n) is 9.45. The summed E-state index contributed by atoms with van der Waals surface area (Å²) in [4.78, 5) is 12.6. The lowest BCUT2D eigenvalue weighted by molar-refractivity contribution is -0.149. The zero-order chi connectivity index (χ0) is 22.1. The minimum absolute atomic E-state index is 0.0935. The number of hydrogen-bond acceptors (Lipinski definition) is 2. The molecule has 0 bridgehead atoms. The lowest BCUT2D eigenvalue weighted by atomic mass is 9.94. The van der Waals surface area contributed by atoms with Gasteiger partial charge in [-0.2, -0.15) is 0 Å². The van der Waals surface area contributed by atoms with Gasteiger partial charge in [-0.15, -0.1) is 0 Å². The minimum atomic E-state index is 0.0935. The highest BCUT2D eigenvalue weighted by molar-refractivity contribution is 5.72. The van der Waals surface area contributed by atoms with Crippen LogP contribution in [0.15, 0.2) is 0 Å². The van der Waals surface area contributed by atoms with E-state index in [1.165, 1.54) is 122 Å². The topological polar surface area (TPSA) is 26.3 Å². The van der Waals surface area contributed by atoms with Crippen molar-refractivity contribution in [3.05, 3.63) is 0 Å². The standard InChI is InChI=1S/C28H56O2/c1-4-7-10-13-15-16-17-18-20-23-26-30-28(29)27(24-21-12-9-6-3)25-22-19-14-11-8-5-2/h27H,4-26H2,1-3H3. The fourth-order valence-corrected chi connectivity index (χ4v) is 4.25. The van der Waals surface area contributed by atoms with E-state index < -0.39 is 0 Å². The zero-order valence-corrected chi connectivity index (χ0v) is 21.2. The molecule has 0 aromatic heterocycles. The number of esters is 1. The Bertz CT molecular complexity index is 340. The maximum absolute atomic E-state index is 12.6. The molecular formula is C28H56O2. The summed E-state index contributed by atoms with van der Waals surface area (Å²) in [6.45, 7) is 7.42. The summed E-state index contributed by atoms with van der Waals surface area (Å²) in [5, 5.41) is 0. The Balaban J connectivity index is 3.84. The summed E-state index contributed by atoms with van der Waals surface area (Å²) in [7, 11) is 0. The molecule has 30 heavy (non-hydrogen) atoms. The molecule has 0 heterocycles.